The molecule has 236 valence electrons. The van der Waals surface area contributed by atoms with Gasteiger partial charge >= 0.3 is 6.09 Å². The molecule has 1 unspecified atom stereocenters. The van der Waals surface area contributed by atoms with Crippen LogP contribution in [-0.4, -0.2) is 43.6 Å². The Kier molecular flexibility index (Phi) is 9.43. The van der Waals surface area contributed by atoms with Gasteiger partial charge in [0.15, 0.2) is 0 Å². The third-order valence-corrected chi connectivity index (χ3v) is 10.0. The van der Waals surface area contributed by atoms with Gasteiger partial charge in [-0.05, 0) is 89.4 Å². The number of thiazole rings is 1. The van der Waals surface area contributed by atoms with Crippen molar-refractivity contribution in [3.05, 3.63) is 84.6 Å². The van der Waals surface area contributed by atoms with E-state index in [2.05, 4.69) is 15.0 Å². The van der Waals surface area contributed by atoms with Gasteiger partial charge in [0, 0.05) is 46.7 Å². The molecule has 5 rings (SSSR count). The molecule has 2 amide bonds. The van der Waals surface area contributed by atoms with E-state index in [1.165, 1.54) is 11.3 Å². The first kappa shape index (κ1) is 32.3. The Morgan fingerprint density at radius 2 is 1.78 bits per heavy atom. The molecule has 0 saturated carbocycles. The standard InChI is InChI=1S/C34H38N4O5S2/c1-22(2)43-33(40)36-26-13-11-24(12-14-26)31-35-21-29(44-31)28-16-15-27(20-30(28)45(41,42)37-34(3,4)5)38-18-17-25(32(38)39)19-23-9-7-6-8-10-23/h6-16,20-22,25,37H,17-19H2,1-5H3,(H,36,40). The fraction of sp³-hybridized carbons (Fsp3) is 0.324. The van der Waals surface area contributed by atoms with Crippen LogP contribution in [0.5, 0.6) is 0 Å². The van der Waals surface area contributed by atoms with Crippen LogP contribution in [0, 0.1) is 5.92 Å². The lowest BCUT2D eigenvalue weighted by atomic mass is 9.98. The van der Waals surface area contributed by atoms with Crippen LogP contribution in [0.15, 0.2) is 83.9 Å². The first-order valence-electron chi connectivity index (χ1n) is 14.9. The van der Waals surface area contributed by atoms with Crippen molar-refractivity contribution in [3.8, 4) is 21.0 Å². The fourth-order valence-electron chi connectivity index (χ4n) is 5.24. The molecule has 0 radical (unpaired) electrons. The van der Waals surface area contributed by atoms with Crippen molar-refractivity contribution in [1.29, 1.82) is 0 Å². The Labute approximate surface area is 268 Å². The zero-order valence-electron chi connectivity index (χ0n) is 26.0. The topological polar surface area (TPSA) is 118 Å². The molecule has 2 heterocycles. The molecule has 4 aromatic rings. The number of carbonyl (C=O) groups is 2. The molecule has 1 aliphatic heterocycles. The van der Waals surface area contributed by atoms with E-state index >= 15 is 0 Å². The minimum absolute atomic E-state index is 0.00536. The molecule has 1 fully saturated rings. The molecule has 3 aromatic carbocycles. The van der Waals surface area contributed by atoms with Crippen LogP contribution in [0.1, 0.15) is 46.6 Å². The Morgan fingerprint density at radius 1 is 1.07 bits per heavy atom. The maximum atomic E-state index is 13.8. The number of amides is 2. The monoisotopic (exact) mass is 646 g/mol. The maximum Gasteiger partial charge on any atom is 0.411 e. The molecule has 1 aromatic heterocycles. The number of nitrogens with one attached hydrogen (secondary N) is 2. The van der Waals surface area contributed by atoms with Gasteiger partial charge in [-0.2, -0.15) is 0 Å². The van der Waals surface area contributed by atoms with Gasteiger partial charge in [0.05, 0.1) is 15.9 Å². The smallest absolute Gasteiger partial charge is 0.411 e. The van der Waals surface area contributed by atoms with E-state index in [4.69, 9.17) is 4.74 Å². The summed E-state index contributed by atoms with van der Waals surface area (Å²) < 4.78 is 35.5. The van der Waals surface area contributed by atoms with Gasteiger partial charge in [0.2, 0.25) is 15.9 Å². The van der Waals surface area contributed by atoms with Gasteiger partial charge in [-0.3, -0.25) is 10.1 Å². The summed E-state index contributed by atoms with van der Waals surface area (Å²) in [6.45, 7) is 9.45. The number of nitrogens with zero attached hydrogens (tertiary/aromatic N) is 2. The fourth-order valence-corrected chi connectivity index (χ4v) is 7.92. The lowest BCUT2D eigenvalue weighted by Gasteiger charge is -2.23. The molecule has 45 heavy (non-hydrogen) atoms. The third-order valence-electron chi connectivity index (χ3n) is 7.14. The van der Waals surface area contributed by atoms with Crippen LogP contribution in [0.3, 0.4) is 0 Å². The number of carbonyl (C=O) groups excluding carboxylic acids is 2. The highest BCUT2D eigenvalue weighted by Crippen LogP contribution is 2.39. The molecule has 1 saturated heterocycles. The number of anilines is 2. The van der Waals surface area contributed by atoms with Crippen molar-refractivity contribution in [2.45, 2.75) is 64.0 Å². The van der Waals surface area contributed by atoms with Crippen molar-refractivity contribution in [2.24, 2.45) is 5.92 Å². The normalized spacial score (nSPS) is 15.5. The molecule has 0 spiro atoms. The van der Waals surface area contributed by atoms with Crippen molar-refractivity contribution >= 4 is 44.7 Å². The number of ether oxygens (including phenoxy) is 1. The molecule has 2 N–H and O–H groups in total. The van der Waals surface area contributed by atoms with E-state index in [0.717, 1.165) is 11.1 Å². The highest BCUT2D eigenvalue weighted by Gasteiger charge is 2.34. The number of hydrogen-bond donors (Lipinski definition) is 2. The van der Waals surface area contributed by atoms with Crippen LogP contribution >= 0.6 is 11.3 Å². The van der Waals surface area contributed by atoms with E-state index in [1.807, 2.05) is 48.5 Å². The highest BCUT2D eigenvalue weighted by atomic mass is 32.2. The van der Waals surface area contributed by atoms with Crippen LogP contribution in [0.2, 0.25) is 0 Å². The van der Waals surface area contributed by atoms with Gasteiger partial charge in [0.25, 0.3) is 0 Å². The molecular formula is C34H38N4O5S2. The molecule has 0 bridgehead atoms. The van der Waals surface area contributed by atoms with Crippen molar-refractivity contribution in [2.75, 3.05) is 16.8 Å². The van der Waals surface area contributed by atoms with Crippen molar-refractivity contribution < 1.29 is 22.7 Å². The Hall–Kier alpha value is -4.06. The Morgan fingerprint density at radius 3 is 2.44 bits per heavy atom. The summed E-state index contributed by atoms with van der Waals surface area (Å²) >= 11 is 1.36. The van der Waals surface area contributed by atoms with Gasteiger partial charge in [-0.1, -0.05) is 36.4 Å². The van der Waals surface area contributed by atoms with Crippen LogP contribution < -0.4 is 14.9 Å². The predicted octanol–water partition coefficient (Wildman–Crippen LogP) is 7.11. The van der Waals surface area contributed by atoms with Crippen molar-refractivity contribution in [3.63, 3.8) is 0 Å². The predicted molar refractivity (Wildman–Crippen MR) is 179 cm³/mol. The highest BCUT2D eigenvalue weighted by molar-refractivity contribution is 7.89. The lowest BCUT2D eigenvalue weighted by molar-refractivity contribution is -0.120. The molecule has 0 aliphatic carbocycles. The third kappa shape index (κ3) is 7.97. The van der Waals surface area contributed by atoms with Crippen molar-refractivity contribution in [1.82, 2.24) is 9.71 Å². The average Bonchev–Trinajstić information content (AvgIpc) is 3.59. The molecule has 1 atom stereocenters. The van der Waals surface area contributed by atoms with E-state index < -0.39 is 21.7 Å². The molecule has 11 heteroatoms. The van der Waals surface area contributed by atoms with Gasteiger partial charge in [-0.25, -0.2) is 22.9 Å². The summed E-state index contributed by atoms with van der Waals surface area (Å²) in [5.41, 5.74) is 2.84. The minimum atomic E-state index is -3.97. The van der Waals surface area contributed by atoms with Crippen LogP contribution in [0.25, 0.3) is 21.0 Å². The average molecular weight is 647 g/mol. The largest absolute Gasteiger partial charge is 0.447 e. The second-order valence-electron chi connectivity index (χ2n) is 12.4. The summed E-state index contributed by atoms with van der Waals surface area (Å²) in [4.78, 5) is 32.4. The summed E-state index contributed by atoms with van der Waals surface area (Å²) in [6, 6.07) is 22.3. The number of hydrogen-bond acceptors (Lipinski definition) is 7. The quantitative estimate of drug-likeness (QED) is 0.200. The summed E-state index contributed by atoms with van der Waals surface area (Å²) in [5.74, 6) is -0.166. The molecule has 9 nitrogen and oxygen atoms in total. The number of aromatic nitrogens is 1. The van der Waals surface area contributed by atoms with E-state index in [9.17, 15) is 18.0 Å². The first-order valence-corrected chi connectivity index (χ1v) is 17.2. The molecule has 1 aliphatic rings. The van der Waals surface area contributed by atoms with Gasteiger partial charge < -0.3 is 9.64 Å². The van der Waals surface area contributed by atoms with E-state index in [1.54, 1.807) is 70.0 Å². The Bertz CT molecular complexity index is 1780. The molecular weight excluding hydrogens is 609 g/mol. The zero-order valence-corrected chi connectivity index (χ0v) is 27.7. The number of benzene rings is 3. The Balaban J connectivity index is 1.43. The zero-order chi connectivity index (χ0) is 32.4. The maximum absolute atomic E-state index is 13.8. The summed E-state index contributed by atoms with van der Waals surface area (Å²) in [6.07, 6.45) is 2.25. The SMILES string of the molecule is CC(C)OC(=O)Nc1ccc(-c2ncc(-c3ccc(N4CCC(Cc5ccccc5)C4=O)cc3S(=O)(=O)NC(C)(C)C)s2)cc1. The second kappa shape index (κ2) is 13.1. The first-order chi connectivity index (χ1) is 21.3. The number of sulfonamides is 1. The van der Waals surface area contributed by atoms with Crippen LogP contribution in [-0.2, 0) is 26.0 Å². The van der Waals surface area contributed by atoms with E-state index in [0.29, 0.717) is 46.2 Å². The van der Waals surface area contributed by atoms with E-state index in [-0.39, 0.29) is 22.8 Å². The summed E-state index contributed by atoms with van der Waals surface area (Å²) in [5, 5.41) is 3.38. The second-order valence-corrected chi connectivity index (χ2v) is 15.1. The minimum Gasteiger partial charge on any atom is -0.447 e. The summed E-state index contributed by atoms with van der Waals surface area (Å²) in [7, 11) is -3.97. The van der Waals surface area contributed by atoms with Crippen LogP contribution in [0.4, 0.5) is 16.2 Å². The van der Waals surface area contributed by atoms with Gasteiger partial charge in [0.1, 0.15) is 5.01 Å². The van der Waals surface area contributed by atoms with Gasteiger partial charge in [-0.15, -0.1) is 11.3 Å². The lowest BCUT2D eigenvalue weighted by Crippen LogP contribution is -2.40. The number of rotatable bonds is 9.